The van der Waals surface area contributed by atoms with Crippen molar-refractivity contribution in [2.45, 2.75) is 108 Å². The van der Waals surface area contributed by atoms with Crippen LogP contribution in [0.4, 0.5) is 0 Å². The van der Waals surface area contributed by atoms with Gasteiger partial charge in [0.15, 0.2) is 0 Å². The van der Waals surface area contributed by atoms with E-state index in [1.807, 2.05) is 0 Å². The third kappa shape index (κ3) is 6.77. The van der Waals surface area contributed by atoms with E-state index in [0.29, 0.717) is 25.7 Å². The molecule has 0 radical (unpaired) electrons. The molecule has 5 nitrogen and oxygen atoms in total. The zero-order valence-corrected chi connectivity index (χ0v) is 14.3. The average molecular weight is 328 g/mol. The van der Waals surface area contributed by atoms with Crippen molar-refractivity contribution < 1.29 is 24.5 Å². The molecule has 0 aromatic carbocycles. The summed E-state index contributed by atoms with van der Waals surface area (Å²) < 4.78 is 11.1. The molecule has 134 valence electrons. The van der Waals surface area contributed by atoms with Crippen LogP contribution in [-0.2, 0) is 14.3 Å². The fourth-order valence-electron chi connectivity index (χ4n) is 3.68. The molecule has 0 aromatic rings. The van der Waals surface area contributed by atoms with Gasteiger partial charge in [-0.1, -0.05) is 39.0 Å². The molecule has 2 aliphatic rings. The number of aliphatic hydroxyl groups is 2. The summed E-state index contributed by atoms with van der Waals surface area (Å²) in [5.41, 5.74) is 0. The molecule has 2 heterocycles. The number of esters is 1. The molecule has 0 spiro atoms. The molecule has 0 aliphatic carbocycles. The van der Waals surface area contributed by atoms with Gasteiger partial charge in [-0.3, -0.25) is 4.79 Å². The van der Waals surface area contributed by atoms with Gasteiger partial charge in [0.2, 0.25) is 0 Å². The summed E-state index contributed by atoms with van der Waals surface area (Å²) in [6.45, 7) is 2.19. The lowest BCUT2D eigenvalue weighted by Gasteiger charge is -2.39. The maximum atomic E-state index is 11.3. The summed E-state index contributed by atoms with van der Waals surface area (Å²) in [6, 6.07) is 0. The van der Waals surface area contributed by atoms with Crippen LogP contribution in [0, 0.1) is 0 Å². The first kappa shape index (κ1) is 18.7. The smallest absolute Gasteiger partial charge is 0.308 e. The third-order valence-electron chi connectivity index (χ3n) is 4.85. The monoisotopic (exact) mass is 328 g/mol. The summed E-state index contributed by atoms with van der Waals surface area (Å²) in [6.07, 6.45) is 8.13. The Bertz CT molecular complexity index is 343. The van der Waals surface area contributed by atoms with Crippen LogP contribution in [0.5, 0.6) is 0 Å². The Morgan fingerprint density at radius 3 is 2.61 bits per heavy atom. The summed E-state index contributed by atoms with van der Waals surface area (Å²) in [5.74, 6) is -0.177. The summed E-state index contributed by atoms with van der Waals surface area (Å²) in [4.78, 5) is 11.3. The highest BCUT2D eigenvalue weighted by Gasteiger charge is 2.38. The normalized spacial score (nSPS) is 29.9. The lowest BCUT2D eigenvalue weighted by Crippen LogP contribution is -2.44. The third-order valence-corrected chi connectivity index (χ3v) is 4.85. The zero-order chi connectivity index (χ0) is 16.7. The molecular weight excluding hydrogens is 296 g/mol. The molecule has 2 bridgehead atoms. The fourth-order valence-corrected chi connectivity index (χ4v) is 3.68. The molecule has 2 saturated heterocycles. The second kappa shape index (κ2) is 9.60. The highest BCUT2D eigenvalue weighted by atomic mass is 16.6. The van der Waals surface area contributed by atoms with E-state index in [0.717, 1.165) is 25.7 Å². The van der Waals surface area contributed by atoms with Gasteiger partial charge in [-0.25, -0.2) is 0 Å². The number of ether oxygens (including phenoxy) is 2. The molecule has 0 aromatic heterocycles. The highest BCUT2D eigenvalue weighted by Crippen LogP contribution is 2.31. The molecule has 0 amide bonds. The summed E-state index contributed by atoms with van der Waals surface area (Å²) >= 11 is 0. The van der Waals surface area contributed by atoms with Gasteiger partial charge in [0, 0.05) is 12.8 Å². The number of unbranched alkanes of at least 4 members (excludes halogenated alkanes) is 4. The molecular formula is C18H32O5. The van der Waals surface area contributed by atoms with Crippen LogP contribution >= 0.6 is 0 Å². The topological polar surface area (TPSA) is 76.0 Å². The van der Waals surface area contributed by atoms with Crippen LogP contribution in [0.3, 0.4) is 0 Å². The molecule has 5 heteroatoms. The Balaban J connectivity index is 1.61. The van der Waals surface area contributed by atoms with Crippen LogP contribution in [0.1, 0.15) is 77.6 Å². The van der Waals surface area contributed by atoms with Gasteiger partial charge in [0.05, 0.1) is 30.8 Å². The van der Waals surface area contributed by atoms with Gasteiger partial charge in [-0.05, 0) is 19.3 Å². The first-order chi connectivity index (χ1) is 11.1. The molecule has 0 unspecified atom stereocenters. The number of carbonyl (C=O) groups is 1. The molecule has 0 saturated carbocycles. The number of hydrogen-bond donors (Lipinski definition) is 2. The van der Waals surface area contributed by atoms with Crippen molar-refractivity contribution in [1.29, 1.82) is 0 Å². The Hall–Kier alpha value is -0.650. The number of aliphatic hydroxyl groups excluding tert-OH is 2. The van der Waals surface area contributed by atoms with E-state index in [1.165, 1.54) is 19.3 Å². The Morgan fingerprint density at radius 2 is 1.87 bits per heavy atom. The van der Waals surface area contributed by atoms with Crippen LogP contribution in [0.25, 0.3) is 0 Å². The summed E-state index contributed by atoms with van der Waals surface area (Å²) in [7, 11) is 0. The zero-order valence-electron chi connectivity index (χ0n) is 14.3. The van der Waals surface area contributed by atoms with E-state index in [-0.39, 0.29) is 24.3 Å². The number of fused-ring (bicyclic) bond motifs is 2. The van der Waals surface area contributed by atoms with Crippen LogP contribution in [0.2, 0.25) is 0 Å². The molecule has 5 atom stereocenters. The average Bonchev–Trinajstić information content (AvgIpc) is 2.45. The standard InChI is InChI=1S/C18H32O5/c1-2-3-4-5-6-7-13(19)8-14(20)9-15-10-16-11-17(22-15)12-18(21)23-16/h13-17,19-20H,2-12H2,1H3/t13-,14-,15-,16-,17+/m1/s1. The predicted octanol–water partition coefficient (Wildman–Crippen LogP) is 2.71. The number of rotatable bonds is 10. The van der Waals surface area contributed by atoms with Crippen molar-refractivity contribution in [2.24, 2.45) is 0 Å². The number of carbonyl (C=O) groups excluding carboxylic acids is 1. The van der Waals surface area contributed by atoms with E-state index < -0.39 is 12.2 Å². The van der Waals surface area contributed by atoms with Crippen molar-refractivity contribution in [1.82, 2.24) is 0 Å². The first-order valence-electron chi connectivity index (χ1n) is 9.27. The van der Waals surface area contributed by atoms with Gasteiger partial charge in [-0.15, -0.1) is 0 Å². The predicted molar refractivity (Wildman–Crippen MR) is 87.0 cm³/mol. The molecule has 2 fully saturated rings. The summed E-state index contributed by atoms with van der Waals surface area (Å²) in [5, 5.41) is 20.2. The van der Waals surface area contributed by atoms with Crippen LogP contribution in [-0.4, -0.2) is 46.7 Å². The maximum absolute atomic E-state index is 11.3. The van der Waals surface area contributed by atoms with Gasteiger partial charge in [0.1, 0.15) is 6.10 Å². The SMILES string of the molecule is CCCCCCC[C@@H](O)C[C@@H](O)C[C@@H]1C[C@@H]2C[C@@H](CC(=O)O2)O1. The highest BCUT2D eigenvalue weighted by molar-refractivity contribution is 5.71. The van der Waals surface area contributed by atoms with E-state index >= 15 is 0 Å². The van der Waals surface area contributed by atoms with Gasteiger partial charge >= 0.3 is 5.97 Å². The van der Waals surface area contributed by atoms with Gasteiger partial charge in [-0.2, -0.15) is 0 Å². The Morgan fingerprint density at radius 1 is 1.09 bits per heavy atom. The molecule has 23 heavy (non-hydrogen) atoms. The quantitative estimate of drug-likeness (QED) is 0.476. The van der Waals surface area contributed by atoms with Crippen LogP contribution in [0.15, 0.2) is 0 Å². The van der Waals surface area contributed by atoms with Crippen LogP contribution < -0.4 is 0 Å². The van der Waals surface area contributed by atoms with E-state index in [2.05, 4.69) is 6.92 Å². The van der Waals surface area contributed by atoms with Crippen molar-refractivity contribution in [3.63, 3.8) is 0 Å². The van der Waals surface area contributed by atoms with E-state index in [1.54, 1.807) is 0 Å². The minimum atomic E-state index is -0.555. The minimum absolute atomic E-state index is 0.0595. The van der Waals surface area contributed by atoms with Gasteiger partial charge < -0.3 is 19.7 Å². The Kier molecular flexibility index (Phi) is 7.80. The first-order valence-corrected chi connectivity index (χ1v) is 9.27. The molecule has 2 N–H and O–H groups in total. The van der Waals surface area contributed by atoms with Crippen molar-refractivity contribution in [3.05, 3.63) is 0 Å². The maximum Gasteiger partial charge on any atom is 0.308 e. The number of hydrogen-bond acceptors (Lipinski definition) is 5. The largest absolute Gasteiger partial charge is 0.462 e. The second-order valence-electron chi connectivity index (χ2n) is 7.15. The van der Waals surface area contributed by atoms with Crippen molar-refractivity contribution in [3.8, 4) is 0 Å². The molecule has 2 aliphatic heterocycles. The lowest BCUT2D eigenvalue weighted by molar-refractivity contribution is -0.186. The second-order valence-corrected chi connectivity index (χ2v) is 7.15. The minimum Gasteiger partial charge on any atom is -0.462 e. The van der Waals surface area contributed by atoms with E-state index in [4.69, 9.17) is 9.47 Å². The van der Waals surface area contributed by atoms with E-state index in [9.17, 15) is 15.0 Å². The Labute approximate surface area is 139 Å². The van der Waals surface area contributed by atoms with Crippen molar-refractivity contribution >= 4 is 5.97 Å². The lowest BCUT2D eigenvalue weighted by atomic mass is 9.92. The van der Waals surface area contributed by atoms with Gasteiger partial charge in [0.25, 0.3) is 0 Å². The van der Waals surface area contributed by atoms with Crippen molar-refractivity contribution in [2.75, 3.05) is 0 Å². The molecule has 2 rings (SSSR count). The fraction of sp³-hybridized carbons (Fsp3) is 0.944.